The van der Waals surface area contributed by atoms with E-state index in [4.69, 9.17) is 14.6 Å². The molecule has 1 rings (SSSR count). The number of aliphatic hydroxyl groups excluding tert-OH is 3. The lowest BCUT2D eigenvalue weighted by Crippen LogP contribution is -2.42. The molecule has 1 aliphatic heterocycles. The molecule has 0 radical (unpaired) electrons. The minimum Gasteiger partial charge on any atom is -0.394 e. The minimum atomic E-state index is -1.02. The number of allylic oxidation sites excluding steroid dienone is 1. The SMILES string of the molecule is CCCCCCCCCCCCC/C=C/CCO[C@@H]1[C@H]([C@H](O)CO)OC[C@@H]1O. The fraction of sp³-hybridized carbons (Fsp3) is 0.913. The Bertz CT molecular complexity index is 374. The lowest BCUT2D eigenvalue weighted by molar-refractivity contribution is -0.0924. The normalized spacial score (nSPS) is 23.6. The van der Waals surface area contributed by atoms with E-state index in [1.807, 2.05) is 0 Å². The number of aliphatic hydroxyl groups is 3. The van der Waals surface area contributed by atoms with Crippen LogP contribution in [0.1, 0.15) is 90.4 Å². The molecule has 0 saturated carbocycles. The molecule has 0 spiro atoms. The third kappa shape index (κ3) is 11.5. The second kappa shape index (κ2) is 17.4. The van der Waals surface area contributed by atoms with E-state index >= 15 is 0 Å². The van der Waals surface area contributed by atoms with Crippen molar-refractivity contribution in [3.05, 3.63) is 12.2 Å². The first kappa shape index (κ1) is 25.6. The highest BCUT2D eigenvalue weighted by Crippen LogP contribution is 2.21. The van der Waals surface area contributed by atoms with Crippen LogP contribution in [0.5, 0.6) is 0 Å². The van der Waals surface area contributed by atoms with Gasteiger partial charge in [-0.25, -0.2) is 0 Å². The van der Waals surface area contributed by atoms with Crippen molar-refractivity contribution < 1.29 is 24.8 Å². The molecule has 5 nitrogen and oxygen atoms in total. The third-order valence-electron chi connectivity index (χ3n) is 5.46. The monoisotopic (exact) mass is 400 g/mol. The van der Waals surface area contributed by atoms with Gasteiger partial charge in [0.05, 0.1) is 19.8 Å². The van der Waals surface area contributed by atoms with Crippen molar-refractivity contribution in [2.24, 2.45) is 0 Å². The molecular formula is C23H44O5. The number of hydrogen-bond donors (Lipinski definition) is 3. The number of unbranched alkanes of at least 4 members (excludes halogenated alkanes) is 11. The highest BCUT2D eigenvalue weighted by Gasteiger charge is 2.40. The van der Waals surface area contributed by atoms with E-state index in [-0.39, 0.29) is 6.61 Å². The third-order valence-corrected chi connectivity index (χ3v) is 5.46. The second-order valence-corrected chi connectivity index (χ2v) is 8.03. The lowest BCUT2D eigenvalue weighted by Gasteiger charge is -2.23. The smallest absolute Gasteiger partial charge is 0.114 e. The molecule has 0 amide bonds. The van der Waals surface area contributed by atoms with Gasteiger partial charge in [0.2, 0.25) is 0 Å². The van der Waals surface area contributed by atoms with Crippen LogP contribution in [0.4, 0.5) is 0 Å². The molecule has 0 aliphatic carbocycles. The van der Waals surface area contributed by atoms with Gasteiger partial charge in [0.15, 0.2) is 0 Å². The summed E-state index contributed by atoms with van der Waals surface area (Å²) in [6.07, 6.45) is 18.3. The molecule has 1 fully saturated rings. The van der Waals surface area contributed by atoms with Crippen LogP contribution in [0.15, 0.2) is 12.2 Å². The Hall–Kier alpha value is -0.460. The zero-order valence-corrected chi connectivity index (χ0v) is 17.9. The van der Waals surface area contributed by atoms with Gasteiger partial charge in [-0.15, -0.1) is 0 Å². The summed E-state index contributed by atoms with van der Waals surface area (Å²) < 4.78 is 11.0. The Balaban J connectivity index is 1.91. The Morgan fingerprint density at radius 3 is 2.11 bits per heavy atom. The molecule has 0 aromatic heterocycles. The fourth-order valence-corrected chi connectivity index (χ4v) is 3.69. The second-order valence-electron chi connectivity index (χ2n) is 8.03. The average Bonchev–Trinajstić information content (AvgIpc) is 3.07. The maximum absolute atomic E-state index is 9.87. The van der Waals surface area contributed by atoms with Crippen LogP contribution in [-0.4, -0.2) is 59.6 Å². The van der Waals surface area contributed by atoms with Gasteiger partial charge < -0.3 is 24.8 Å². The van der Waals surface area contributed by atoms with E-state index in [0.29, 0.717) is 6.61 Å². The highest BCUT2D eigenvalue weighted by molar-refractivity contribution is 4.89. The van der Waals surface area contributed by atoms with Crippen molar-refractivity contribution in [2.45, 2.75) is 115 Å². The van der Waals surface area contributed by atoms with Crippen molar-refractivity contribution in [1.29, 1.82) is 0 Å². The number of hydrogen-bond acceptors (Lipinski definition) is 5. The van der Waals surface area contributed by atoms with Gasteiger partial charge in [-0.05, 0) is 19.3 Å². The van der Waals surface area contributed by atoms with Gasteiger partial charge in [-0.3, -0.25) is 0 Å². The van der Waals surface area contributed by atoms with E-state index < -0.39 is 31.0 Å². The van der Waals surface area contributed by atoms with Gasteiger partial charge in [-0.2, -0.15) is 0 Å². The summed E-state index contributed by atoms with van der Waals surface area (Å²) in [5.74, 6) is 0. The number of ether oxygens (including phenoxy) is 2. The van der Waals surface area contributed by atoms with Gasteiger partial charge >= 0.3 is 0 Å². The molecule has 166 valence electrons. The summed E-state index contributed by atoms with van der Waals surface area (Å²) in [7, 11) is 0. The maximum atomic E-state index is 9.87. The Morgan fingerprint density at radius 1 is 0.929 bits per heavy atom. The Kier molecular flexibility index (Phi) is 15.9. The van der Waals surface area contributed by atoms with Gasteiger partial charge in [0, 0.05) is 0 Å². The first-order valence-corrected chi connectivity index (χ1v) is 11.6. The van der Waals surface area contributed by atoms with E-state index in [1.165, 1.54) is 70.6 Å². The van der Waals surface area contributed by atoms with Crippen LogP contribution in [0.2, 0.25) is 0 Å². The zero-order valence-electron chi connectivity index (χ0n) is 17.9. The Morgan fingerprint density at radius 2 is 1.50 bits per heavy atom. The molecule has 1 aliphatic rings. The summed E-state index contributed by atoms with van der Waals surface area (Å²) in [6, 6.07) is 0. The molecule has 3 N–H and O–H groups in total. The summed E-state index contributed by atoms with van der Waals surface area (Å²) in [6.45, 7) is 2.49. The molecule has 1 saturated heterocycles. The standard InChI is InChI=1S/C23H44O5/c1-2-3-4-5-6-7-8-9-10-11-12-13-14-15-16-17-27-23-21(26)19-28-22(23)20(25)18-24/h14-15,20-26H,2-13,16-19H2,1H3/b15-14+/t20-,21+,22+,23+/m1/s1. The molecule has 4 atom stereocenters. The topological polar surface area (TPSA) is 79.2 Å². The van der Waals surface area contributed by atoms with Crippen molar-refractivity contribution >= 4 is 0 Å². The maximum Gasteiger partial charge on any atom is 0.114 e. The quantitative estimate of drug-likeness (QED) is 0.238. The average molecular weight is 401 g/mol. The number of rotatable bonds is 18. The summed E-state index contributed by atoms with van der Waals surface area (Å²) >= 11 is 0. The minimum absolute atomic E-state index is 0.140. The van der Waals surface area contributed by atoms with Crippen molar-refractivity contribution in [2.75, 3.05) is 19.8 Å². The van der Waals surface area contributed by atoms with Gasteiger partial charge in [-0.1, -0.05) is 83.3 Å². The molecule has 28 heavy (non-hydrogen) atoms. The zero-order chi connectivity index (χ0) is 20.5. The summed E-state index contributed by atoms with van der Waals surface area (Å²) in [5.41, 5.74) is 0. The largest absolute Gasteiger partial charge is 0.394 e. The highest BCUT2D eigenvalue weighted by atomic mass is 16.6. The van der Waals surface area contributed by atoms with E-state index in [9.17, 15) is 10.2 Å². The predicted molar refractivity (Wildman–Crippen MR) is 113 cm³/mol. The molecular weight excluding hydrogens is 356 g/mol. The first-order valence-electron chi connectivity index (χ1n) is 11.6. The van der Waals surface area contributed by atoms with E-state index in [1.54, 1.807) is 0 Å². The van der Waals surface area contributed by atoms with Crippen LogP contribution in [-0.2, 0) is 9.47 Å². The van der Waals surface area contributed by atoms with E-state index in [2.05, 4.69) is 19.1 Å². The molecule has 0 unspecified atom stereocenters. The van der Waals surface area contributed by atoms with Crippen molar-refractivity contribution in [3.8, 4) is 0 Å². The van der Waals surface area contributed by atoms with Gasteiger partial charge in [0.1, 0.15) is 24.4 Å². The van der Waals surface area contributed by atoms with Crippen LogP contribution in [0, 0.1) is 0 Å². The lowest BCUT2D eigenvalue weighted by atomic mass is 10.1. The van der Waals surface area contributed by atoms with Crippen LogP contribution >= 0.6 is 0 Å². The molecule has 0 aromatic carbocycles. The molecule has 0 bridgehead atoms. The molecule has 0 aromatic rings. The van der Waals surface area contributed by atoms with E-state index in [0.717, 1.165) is 12.8 Å². The van der Waals surface area contributed by atoms with Crippen LogP contribution in [0.25, 0.3) is 0 Å². The van der Waals surface area contributed by atoms with Gasteiger partial charge in [0.25, 0.3) is 0 Å². The van der Waals surface area contributed by atoms with Crippen molar-refractivity contribution in [3.63, 3.8) is 0 Å². The predicted octanol–water partition coefficient (Wildman–Crippen LogP) is 4.13. The molecule has 1 heterocycles. The Labute approximate surface area is 172 Å². The summed E-state index contributed by atoms with van der Waals surface area (Å²) in [5, 5.41) is 28.6. The summed E-state index contributed by atoms with van der Waals surface area (Å²) in [4.78, 5) is 0. The van der Waals surface area contributed by atoms with Crippen molar-refractivity contribution in [1.82, 2.24) is 0 Å². The fourth-order valence-electron chi connectivity index (χ4n) is 3.69. The van der Waals surface area contributed by atoms with Crippen LogP contribution in [0.3, 0.4) is 0 Å². The van der Waals surface area contributed by atoms with Crippen LogP contribution < -0.4 is 0 Å². The molecule has 5 heteroatoms. The first-order chi connectivity index (χ1) is 13.7.